The zero-order valence-corrected chi connectivity index (χ0v) is 18.0. The molecule has 1 atom stereocenters. The van der Waals surface area contributed by atoms with Crippen molar-refractivity contribution in [3.63, 3.8) is 0 Å². The van der Waals surface area contributed by atoms with Gasteiger partial charge in [-0.05, 0) is 73.6 Å². The van der Waals surface area contributed by atoms with E-state index in [1.54, 1.807) is 12.1 Å². The molecule has 0 bridgehead atoms. The van der Waals surface area contributed by atoms with Gasteiger partial charge in [-0.1, -0.05) is 31.4 Å². The van der Waals surface area contributed by atoms with Crippen LogP contribution in [0.4, 0.5) is 11.4 Å². The molecule has 2 amide bonds. The maximum Gasteiger partial charge on any atom is 0.251 e. The van der Waals surface area contributed by atoms with Crippen LogP contribution in [0.25, 0.3) is 0 Å². The van der Waals surface area contributed by atoms with Gasteiger partial charge in [0, 0.05) is 22.9 Å². The van der Waals surface area contributed by atoms with Crippen LogP contribution in [0.15, 0.2) is 42.5 Å². The fourth-order valence-corrected chi connectivity index (χ4v) is 4.57. The highest BCUT2D eigenvalue weighted by molar-refractivity contribution is 5.97. The molecule has 2 aromatic carbocycles. The smallest absolute Gasteiger partial charge is 0.251 e. The van der Waals surface area contributed by atoms with Crippen molar-refractivity contribution in [1.29, 1.82) is 0 Å². The summed E-state index contributed by atoms with van der Waals surface area (Å²) < 4.78 is 0. The van der Waals surface area contributed by atoms with E-state index in [1.807, 2.05) is 30.3 Å². The summed E-state index contributed by atoms with van der Waals surface area (Å²) in [5, 5.41) is 6.16. The molecule has 1 saturated carbocycles. The molecule has 6 heteroatoms. The fraction of sp³-hybridized carbons (Fsp3) is 0.417. The van der Waals surface area contributed by atoms with Crippen molar-refractivity contribution in [2.24, 2.45) is 5.92 Å². The Kier molecular flexibility index (Phi) is 7.38. The minimum Gasteiger partial charge on any atom is -0.399 e. The molecule has 0 aliphatic heterocycles. The summed E-state index contributed by atoms with van der Waals surface area (Å²) >= 11 is 0. The normalized spacial score (nSPS) is 18.6. The Morgan fingerprint density at radius 3 is 2.53 bits per heavy atom. The summed E-state index contributed by atoms with van der Waals surface area (Å²) in [7, 11) is 0. The van der Waals surface area contributed by atoms with E-state index in [4.69, 9.17) is 5.73 Å². The number of amides is 2. The summed E-state index contributed by atoms with van der Waals surface area (Å²) in [5.74, 6) is 0.0434. The largest absolute Gasteiger partial charge is 0.399 e. The summed E-state index contributed by atoms with van der Waals surface area (Å²) in [4.78, 5) is 25.4. The first-order chi connectivity index (χ1) is 14.1. The van der Waals surface area contributed by atoms with Gasteiger partial charge in [0.05, 0.1) is 6.04 Å². The average molecular weight is 428 g/mol. The van der Waals surface area contributed by atoms with E-state index in [2.05, 4.69) is 10.6 Å². The number of fused-ring (bicyclic) bond motifs is 1. The first-order valence-corrected chi connectivity index (χ1v) is 10.7. The maximum atomic E-state index is 12.9. The molecule has 30 heavy (non-hydrogen) atoms. The number of rotatable bonds is 4. The first kappa shape index (κ1) is 22.2. The summed E-state index contributed by atoms with van der Waals surface area (Å²) in [6, 6.07) is 13.1. The van der Waals surface area contributed by atoms with Crippen molar-refractivity contribution in [3.05, 3.63) is 59.2 Å². The third-order valence-electron chi connectivity index (χ3n) is 6.15. The van der Waals surface area contributed by atoms with Crippen molar-refractivity contribution in [3.8, 4) is 0 Å². The van der Waals surface area contributed by atoms with Crippen LogP contribution in [-0.4, -0.2) is 11.8 Å². The second-order valence-electron chi connectivity index (χ2n) is 8.28. The number of carbonyl (C=O) groups excluding carboxylic acids is 2. The Balaban J connectivity index is 0.00000256. The van der Waals surface area contributed by atoms with Gasteiger partial charge in [0.2, 0.25) is 5.91 Å². The lowest BCUT2D eigenvalue weighted by Gasteiger charge is -2.27. The van der Waals surface area contributed by atoms with Crippen LogP contribution in [0.3, 0.4) is 0 Å². The molecule has 0 saturated heterocycles. The van der Waals surface area contributed by atoms with Gasteiger partial charge in [0.1, 0.15) is 0 Å². The Labute approximate surface area is 184 Å². The molecule has 1 unspecified atom stereocenters. The molecule has 0 heterocycles. The molecule has 160 valence electrons. The SMILES string of the molecule is Cl.Nc1ccc2c(c1)CCCC2NC(=O)c1cccc(NC(=O)C2CCCCC2)c1. The van der Waals surface area contributed by atoms with Crippen molar-refractivity contribution in [2.45, 2.75) is 57.4 Å². The number of hydrogen-bond acceptors (Lipinski definition) is 3. The minimum absolute atomic E-state index is 0. The Morgan fingerprint density at radius 1 is 0.933 bits per heavy atom. The van der Waals surface area contributed by atoms with Gasteiger partial charge in [-0.3, -0.25) is 9.59 Å². The molecule has 4 N–H and O–H groups in total. The van der Waals surface area contributed by atoms with E-state index in [-0.39, 0.29) is 36.2 Å². The van der Waals surface area contributed by atoms with E-state index in [1.165, 1.54) is 12.0 Å². The molecule has 1 fully saturated rings. The molecular weight excluding hydrogens is 398 g/mol. The van der Waals surface area contributed by atoms with Gasteiger partial charge in [0.25, 0.3) is 5.91 Å². The van der Waals surface area contributed by atoms with Gasteiger partial charge in [-0.15, -0.1) is 12.4 Å². The number of nitrogens with one attached hydrogen (secondary N) is 2. The second kappa shape index (κ2) is 9.98. The van der Waals surface area contributed by atoms with Gasteiger partial charge >= 0.3 is 0 Å². The van der Waals surface area contributed by atoms with Crippen LogP contribution in [-0.2, 0) is 11.2 Å². The Bertz CT molecular complexity index is 909. The van der Waals surface area contributed by atoms with Crippen LogP contribution < -0.4 is 16.4 Å². The van der Waals surface area contributed by atoms with Crippen LogP contribution >= 0.6 is 12.4 Å². The number of benzene rings is 2. The fourth-order valence-electron chi connectivity index (χ4n) is 4.57. The highest BCUT2D eigenvalue weighted by Gasteiger charge is 2.23. The van der Waals surface area contributed by atoms with Crippen molar-refractivity contribution in [1.82, 2.24) is 5.32 Å². The second-order valence-corrected chi connectivity index (χ2v) is 8.28. The molecule has 4 rings (SSSR count). The quantitative estimate of drug-likeness (QED) is 0.599. The summed E-state index contributed by atoms with van der Waals surface area (Å²) in [6.07, 6.45) is 8.31. The van der Waals surface area contributed by atoms with Gasteiger partial charge in [-0.25, -0.2) is 0 Å². The monoisotopic (exact) mass is 427 g/mol. The summed E-state index contributed by atoms with van der Waals surface area (Å²) in [6.45, 7) is 0. The van der Waals surface area contributed by atoms with Crippen LogP contribution in [0, 0.1) is 5.92 Å². The topological polar surface area (TPSA) is 84.2 Å². The van der Waals surface area contributed by atoms with E-state index >= 15 is 0 Å². The number of nitrogens with two attached hydrogens (primary N) is 1. The molecular formula is C24H30ClN3O2. The van der Waals surface area contributed by atoms with Gasteiger partial charge in [0.15, 0.2) is 0 Å². The lowest BCUT2D eigenvalue weighted by atomic mass is 9.87. The van der Waals surface area contributed by atoms with E-state index < -0.39 is 0 Å². The van der Waals surface area contributed by atoms with Gasteiger partial charge < -0.3 is 16.4 Å². The van der Waals surface area contributed by atoms with E-state index in [9.17, 15) is 9.59 Å². The third-order valence-corrected chi connectivity index (χ3v) is 6.15. The molecule has 0 spiro atoms. The highest BCUT2D eigenvalue weighted by Crippen LogP contribution is 2.31. The number of hydrogen-bond donors (Lipinski definition) is 3. The maximum absolute atomic E-state index is 12.9. The zero-order valence-electron chi connectivity index (χ0n) is 17.2. The summed E-state index contributed by atoms with van der Waals surface area (Å²) in [5.41, 5.74) is 10.3. The van der Waals surface area contributed by atoms with Crippen molar-refractivity contribution < 1.29 is 9.59 Å². The molecule has 2 aromatic rings. The minimum atomic E-state index is -0.117. The zero-order chi connectivity index (χ0) is 20.2. The van der Waals surface area contributed by atoms with Crippen molar-refractivity contribution in [2.75, 3.05) is 11.1 Å². The molecule has 5 nitrogen and oxygen atoms in total. The standard InChI is InChI=1S/C24H29N3O2.ClH/c25-19-12-13-21-17(14-19)8-5-11-22(21)27-24(29)18-9-4-10-20(15-18)26-23(28)16-6-2-1-3-7-16;/h4,9-10,12-16,22H,1-3,5-8,11,25H2,(H,26,28)(H,27,29);1H. The predicted molar refractivity (Wildman–Crippen MR) is 123 cm³/mol. The molecule has 2 aliphatic carbocycles. The lowest BCUT2D eigenvalue weighted by Crippen LogP contribution is -2.31. The number of nitrogen functional groups attached to an aromatic ring is 1. The number of carbonyl (C=O) groups is 2. The van der Waals surface area contributed by atoms with Crippen LogP contribution in [0.2, 0.25) is 0 Å². The first-order valence-electron chi connectivity index (χ1n) is 10.7. The Morgan fingerprint density at radius 2 is 1.73 bits per heavy atom. The highest BCUT2D eigenvalue weighted by atomic mass is 35.5. The van der Waals surface area contributed by atoms with Crippen LogP contribution in [0.5, 0.6) is 0 Å². The van der Waals surface area contributed by atoms with Crippen LogP contribution in [0.1, 0.15) is 72.5 Å². The molecule has 0 radical (unpaired) electrons. The lowest BCUT2D eigenvalue weighted by molar-refractivity contribution is -0.120. The van der Waals surface area contributed by atoms with E-state index in [0.29, 0.717) is 11.3 Å². The van der Waals surface area contributed by atoms with Gasteiger partial charge in [-0.2, -0.15) is 0 Å². The Hall–Kier alpha value is -2.53. The average Bonchev–Trinajstić information content (AvgIpc) is 2.74. The number of aryl methyl sites for hydroxylation is 1. The van der Waals surface area contributed by atoms with Crippen molar-refractivity contribution >= 4 is 35.6 Å². The van der Waals surface area contributed by atoms with E-state index in [0.717, 1.165) is 56.2 Å². The third kappa shape index (κ3) is 5.14. The molecule has 0 aromatic heterocycles. The predicted octanol–water partition coefficient (Wildman–Crippen LogP) is 5.02. The number of anilines is 2. The molecule has 2 aliphatic rings. The number of halogens is 1.